The van der Waals surface area contributed by atoms with Crippen molar-refractivity contribution in [2.24, 2.45) is 0 Å². The van der Waals surface area contributed by atoms with E-state index in [9.17, 15) is 19.2 Å². The molecule has 2 aromatic rings. The number of carbonyl (C=O) groups excluding carboxylic acids is 3. The van der Waals surface area contributed by atoms with E-state index in [2.05, 4.69) is 5.32 Å². The highest BCUT2D eigenvalue weighted by atomic mass is 32.2. The maximum atomic E-state index is 13.5. The molecule has 1 fully saturated rings. The van der Waals surface area contributed by atoms with Crippen LogP contribution in [0.3, 0.4) is 0 Å². The largest absolute Gasteiger partial charge is 0.481 e. The second-order valence-electron chi connectivity index (χ2n) is 8.73. The van der Waals surface area contributed by atoms with Gasteiger partial charge in [-0.2, -0.15) is 0 Å². The number of benzene rings is 2. The van der Waals surface area contributed by atoms with Gasteiger partial charge in [-0.15, -0.1) is 0 Å². The zero-order valence-corrected chi connectivity index (χ0v) is 21.8. The summed E-state index contributed by atoms with van der Waals surface area (Å²) in [5.74, 6) is -1.86. The van der Waals surface area contributed by atoms with Crippen molar-refractivity contribution in [3.63, 3.8) is 0 Å². The standard InChI is InChI=1S/C27H27N3O5S2/c31-21(28-15-14-18-9-3-1-4-10-18)17-30-20-12-7-6-11-19(20)23(25(30)34)24-26(35)29(27(36)37-24)16-8-2-5-13-22(32)33/h1,3-4,6-7,9-12H,2,5,8,13-17H2,(H,28,31)(H,32,33)/b24-23+. The minimum absolute atomic E-state index is 0.0867. The summed E-state index contributed by atoms with van der Waals surface area (Å²) in [6.45, 7) is 0.660. The van der Waals surface area contributed by atoms with Gasteiger partial charge in [-0.05, 0) is 30.9 Å². The number of unbranched alkanes of at least 4 members (excludes halogenated alkanes) is 2. The van der Waals surface area contributed by atoms with E-state index >= 15 is 0 Å². The van der Waals surface area contributed by atoms with Gasteiger partial charge < -0.3 is 10.4 Å². The Hall–Kier alpha value is -3.50. The van der Waals surface area contributed by atoms with Crippen LogP contribution in [0, 0.1) is 0 Å². The monoisotopic (exact) mass is 537 g/mol. The predicted molar refractivity (Wildman–Crippen MR) is 147 cm³/mol. The molecule has 1 saturated heterocycles. The van der Waals surface area contributed by atoms with Crippen LogP contribution in [-0.4, -0.2) is 57.7 Å². The highest BCUT2D eigenvalue weighted by Gasteiger charge is 2.42. The Morgan fingerprint density at radius 1 is 0.919 bits per heavy atom. The van der Waals surface area contributed by atoms with Crippen molar-refractivity contribution in [1.82, 2.24) is 10.2 Å². The van der Waals surface area contributed by atoms with Crippen LogP contribution in [0.15, 0.2) is 59.5 Å². The van der Waals surface area contributed by atoms with Crippen molar-refractivity contribution in [2.45, 2.75) is 32.1 Å². The number of aliphatic carboxylic acids is 1. The minimum Gasteiger partial charge on any atom is -0.481 e. The molecule has 8 nitrogen and oxygen atoms in total. The third-order valence-electron chi connectivity index (χ3n) is 6.15. The number of thioether (sulfide) groups is 1. The average Bonchev–Trinajstić information content (AvgIpc) is 3.31. The van der Waals surface area contributed by atoms with Gasteiger partial charge in [0.1, 0.15) is 10.9 Å². The number of hydrogen-bond donors (Lipinski definition) is 2. The highest BCUT2D eigenvalue weighted by Crippen LogP contribution is 2.44. The topological polar surface area (TPSA) is 107 Å². The molecule has 10 heteroatoms. The normalized spacial score (nSPS) is 16.9. The van der Waals surface area contributed by atoms with E-state index in [0.717, 1.165) is 17.3 Å². The van der Waals surface area contributed by atoms with Crippen molar-refractivity contribution in [3.05, 3.63) is 70.6 Å². The van der Waals surface area contributed by atoms with Crippen molar-refractivity contribution < 1.29 is 24.3 Å². The predicted octanol–water partition coefficient (Wildman–Crippen LogP) is 3.61. The van der Waals surface area contributed by atoms with Crippen molar-refractivity contribution in [3.8, 4) is 0 Å². The fourth-order valence-corrected chi connectivity index (χ4v) is 5.69. The Morgan fingerprint density at radius 3 is 2.41 bits per heavy atom. The molecule has 0 spiro atoms. The molecule has 2 aromatic carbocycles. The van der Waals surface area contributed by atoms with Gasteiger partial charge >= 0.3 is 5.97 Å². The first kappa shape index (κ1) is 26.6. The van der Waals surface area contributed by atoms with Gasteiger partial charge in [-0.1, -0.05) is 78.9 Å². The van der Waals surface area contributed by atoms with Crippen LogP contribution in [0.1, 0.15) is 36.8 Å². The van der Waals surface area contributed by atoms with Gasteiger partial charge in [0.2, 0.25) is 5.91 Å². The third-order valence-corrected chi connectivity index (χ3v) is 7.60. The van der Waals surface area contributed by atoms with E-state index in [4.69, 9.17) is 17.3 Å². The summed E-state index contributed by atoms with van der Waals surface area (Å²) in [6, 6.07) is 16.9. The molecule has 2 heterocycles. The zero-order valence-electron chi connectivity index (χ0n) is 20.1. The van der Waals surface area contributed by atoms with Crippen LogP contribution >= 0.6 is 24.0 Å². The summed E-state index contributed by atoms with van der Waals surface area (Å²) in [4.78, 5) is 53.3. The zero-order chi connectivity index (χ0) is 26.4. The molecule has 37 heavy (non-hydrogen) atoms. The lowest BCUT2D eigenvalue weighted by molar-refractivity contribution is -0.137. The van der Waals surface area contributed by atoms with Crippen LogP contribution in [0.4, 0.5) is 5.69 Å². The number of anilines is 1. The van der Waals surface area contributed by atoms with Gasteiger partial charge in [-0.3, -0.25) is 29.0 Å². The number of carboxylic acid groups (broad SMARTS) is 1. The molecule has 0 unspecified atom stereocenters. The summed E-state index contributed by atoms with van der Waals surface area (Å²) in [6.07, 6.45) is 2.57. The lowest BCUT2D eigenvalue weighted by Gasteiger charge is -2.17. The SMILES string of the molecule is O=C(O)CCCCCN1C(=O)/C(=C2\C(=O)N(CC(=O)NCCc3ccccc3)c3ccccc32)SC1=S. The average molecular weight is 538 g/mol. The van der Waals surface area contributed by atoms with E-state index < -0.39 is 11.9 Å². The van der Waals surface area contributed by atoms with Crippen LogP contribution in [0.5, 0.6) is 0 Å². The molecule has 0 radical (unpaired) electrons. The second-order valence-corrected chi connectivity index (χ2v) is 10.4. The van der Waals surface area contributed by atoms with E-state index in [1.807, 2.05) is 30.3 Å². The van der Waals surface area contributed by atoms with E-state index in [0.29, 0.717) is 54.3 Å². The number of nitrogens with one attached hydrogen (secondary N) is 1. The molecule has 0 aliphatic carbocycles. The van der Waals surface area contributed by atoms with Crippen molar-refractivity contribution in [1.29, 1.82) is 0 Å². The quantitative estimate of drug-likeness (QED) is 0.256. The molecule has 2 aliphatic rings. The first-order valence-corrected chi connectivity index (χ1v) is 13.3. The Morgan fingerprint density at radius 2 is 1.65 bits per heavy atom. The number of nitrogens with zero attached hydrogens (tertiary/aromatic N) is 2. The molecule has 2 aliphatic heterocycles. The molecule has 0 atom stereocenters. The Balaban J connectivity index is 1.44. The summed E-state index contributed by atoms with van der Waals surface area (Å²) in [5.41, 5.74) is 2.56. The fraction of sp³-hybridized carbons (Fsp3) is 0.296. The van der Waals surface area contributed by atoms with Crippen LogP contribution in [0.2, 0.25) is 0 Å². The second kappa shape index (κ2) is 12.2. The summed E-state index contributed by atoms with van der Waals surface area (Å²) in [5, 5.41) is 11.6. The first-order chi connectivity index (χ1) is 17.9. The molecule has 4 rings (SSSR count). The molecule has 192 valence electrons. The number of fused-ring (bicyclic) bond motifs is 1. The number of rotatable bonds is 11. The maximum Gasteiger partial charge on any atom is 0.303 e. The fourth-order valence-electron chi connectivity index (χ4n) is 4.31. The minimum atomic E-state index is -0.844. The van der Waals surface area contributed by atoms with E-state index in [-0.39, 0.29) is 35.3 Å². The number of hydrogen-bond acceptors (Lipinski definition) is 6. The molecular formula is C27H27N3O5S2. The lowest BCUT2D eigenvalue weighted by Crippen LogP contribution is -2.39. The number of carboxylic acids is 1. The van der Waals surface area contributed by atoms with E-state index in [1.165, 1.54) is 9.80 Å². The smallest absolute Gasteiger partial charge is 0.303 e. The van der Waals surface area contributed by atoms with Crippen LogP contribution in [0.25, 0.3) is 5.57 Å². The highest BCUT2D eigenvalue weighted by molar-refractivity contribution is 8.26. The number of amides is 3. The summed E-state index contributed by atoms with van der Waals surface area (Å²) in [7, 11) is 0. The third kappa shape index (κ3) is 6.26. The van der Waals surface area contributed by atoms with Crippen molar-refractivity contribution in [2.75, 3.05) is 24.5 Å². The molecule has 2 N–H and O–H groups in total. The van der Waals surface area contributed by atoms with Crippen LogP contribution in [-0.2, 0) is 25.6 Å². The van der Waals surface area contributed by atoms with Gasteiger partial charge in [0.05, 0.1) is 16.2 Å². The first-order valence-electron chi connectivity index (χ1n) is 12.1. The molecule has 0 bridgehead atoms. The van der Waals surface area contributed by atoms with Crippen molar-refractivity contribution >= 4 is 63.3 Å². The van der Waals surface area contributed by atoms with Gasteiger partial charge in [0.15, 0.2) is 0 Å². The Labute approximate surface area is 224 Å². The number of carbonyl (C=O) groups is 4. The molecular weight excluding hydrogens is 510 g/mol. The molecule has 0 saturated carbocycles. The Bertz CT molecular complexity index is 1260. The van der Waals surface area contributed by atoms with Gasteiger partial charge in [-0.25, -0.2) is 0 Å². The lowest BCUT2D eigenvalue weighted by atomic mass is 10.1. The van der Waals surface area contributed by atoms with E-state index in [1.54, 1.807) is 24.3 Å². The number of thiocarbonyl (C=S) groups is 1. The maximum absolute atomic E-state index is 13.5. The van der Waals surface area contributed by atoms with Crippen LogP contribution < -0.4 is 10.2 Å². The Kier molecular flexibility index (Phi) is 8.73. The number of para-hydroxylation sites is 1. The molecule has 3 amide bonds. The summed E-state index contributed by atoms with van der Waals surface area (Å²) >= 11 is 6.52. The van der Waals surface area contributed by atoms with Gasteiger partial charge in [0, 0.05) is 25.1 Å². The summed E-state index contributed by atoms with van der Waals surface area (Å²) < 4.78 is 0.369. The molecule has 0 aromatic heterocycles. The van der Waals surface area contributed by atoms with Gasteiger partial charge in [0.25, 0.3) is 11.8 Å².